The number of piperazine rings is 1. The number of rotatable bonds is 1. The van der Waals surface area contributed by atoms with Gasteiger partial charge in [0.1, 0.15) is 17.4 Å². The van der Waals surface area contributed by atoms with Crippen LogP contribution in [0.3, 0.4) is 0 Å². The van der Waals surface area contributed by atoms with Gasteiger partial charge in [0.2, 0.25) is 5.91 Å². The molecule has 1 aliphatic carbocycles. The molecule has 0 radical (unpaired) electrons. The fourth-order valence-electron chi connectivity index (χ4n) is 3.36. The molecule has 1 unspecified atom stereocenters. The predicted octanol–water partition coefficient (Wildman–Crippen LogP) is 2.30. The summed E-state index contributed by atoms with van der Waals surface area (Å²) in [7, 11) is 0. The van der Waals surface area contributed by atoms with E-state index in [1.54, 1.807) is 26.0 Å². The Bertz CT molecular complexity index is 608. The highest BCUT2D eigenvalue weighted by Gasteiger charge is 2.51. The van der Waals surface area contributed by atoms with E-state index in [2.05, 4.69) is 5.32 Å². The maximum absolute atomic E-state index is 14.3. The van der Waals surface area contributed by atoms with Crippen molar-refractivity contribution in [3.63, 3.8) is 0 Å². The van der Waals surface area contributed by atoms with E-state index >= 15 is 0 Å². The van der Waals surface area contributed by atoms with Crippen molar-refractivity contribution < 1.29 is 14.0 Å². The number of halogens is 1. The van der Waals surface area contributed by atoms with E-state index in [-0.39, 0.29) is 17.5 Å². The molecule has 1 N–H and O–H groups in total. The summed E-state index contributed by atoms with van der Waals surface area (Å²) in [5, 5.41) is 2.87. The molecule has 2 fully saturated rings. The van der Waals surface area contributed by atoms with Gasteiger partial charge in [-0.25, -0.2) is 4.39 Å². The summed E-state index contributed by atoms with van der Waals surface area (Å²) >= 11 is 0. The van der Waals surface area contributed by atoms with E-state index in [1.165, 1.54) is 11.0 Å². The minimum atomic E-state index is -0.832. The van der Waals surface area contributed by atoms with E-state index in [1.807, 2.05) is 0 Å². The first kappa shape index (κ1) is 14.0. The molecular weight excluding hydrogens is 271 g/mol. The number of nitrogens with one attached hydrogen (secondary N) is 1. The summed E-state index contributed by atoms with van der Waals surface area (Å²) < 4.78 is 14.3. The molecule has 0 bridgehead atoms. The Kier molecular flexibility index (Phi) is 3.23. The SMILES string of the molecule is Cc1ccc(N2C(=O)C3(CCCC3)NC(=O)C2C)c(F)c1. The van der Waals surface area contributed by atoms with Crippen LogP contribution in [0.15, 0.2) is 18.2 Å². The largest absolute Gasteiger partial charge is 0.340 e. The normalized spacial score (nSPS) is 24.5. The van der Waals surface area contributed by atoms with Crippen LogP contribution in [-0.4, -0.2) is 23.4 Å². The number of carbonyl (C=O) groups excluding carboxylic acids is 2. The Morgan fingerprint density at radius 1 is 1.29 bits per heavy atom. The van der Waals surface area contributed by atoms with Crippen molar-refractivity contribution >= 4 is 17.5 Å². The summed E-state index contributed by atoms with van der Waals surface area (Å²) in [6.07, 6.45) is 3.08. The lowest BCUT2D eigenvalue weighted by Crippen LogP contribution is -2.69. The number of carbonyl (C=O) groups is 2. The minimum absolute atomic E-state index is 0.185. The van der Waals surface area contributed by atoms with Crippen molar-refractivity contribution in [2.75, 3.05) is 4.90 Å². The third-order valence-electron chi connectivity index (χ3n) is 4.58. The molecule has 1 aromatic rings. The second-order valence-corrected chi connectivity index (χ2v) is 6.08. The lowest BCUT2D eigenvalue weighted by molar-refractivity contribution is -0.137. The van der Waals surface area contributed by atoms with Gasteiger partial charge in [-0.05, 0) is 44.4 Å². The Labute approximate surface area is 123 Å². The van der Waals surface area contributed by atoms with Crippen molar-refractivity contribution in [2.24, 2.45) is 0 Å². The Morgan fingerprint density at radius 2 is 1.95 bits per heavy atom. The van der Waals surface area contributed by atoms with Crippen LogP contribution in [0.25, 0.3) is 0 Å². The van der Waals surface area contributed by atoms with Gasteiger partial charge in [-0.1, -0.05) is 18.9 Å². The number of nitrogens with zero attached hydrogens (tertiary/aromatic N) is 1. The van der Waals surface area contributed by atoms with E-state index in [0.29, 0.717) is 12.8 Å². The number of amides is 2. The first-order valence-electron chi connectivity index (χ1n) is 7.36. The molecule has 1 spiro atoms. The van der Waals surface area contributed by atoms with Crippen LogP contribution in [-0.2, 0) is 9.59 Å². The van der Waals surface area contributed by atoms with Gasteiger partial charge in [-0.3, -0.25) is 14.5 Å². The Morgan fingerprint density at radius 3 is 2.57 bits per heavy atom. The molecule has 0 aromatic heterocycles. The Hall–Kier alpha value is -1.91. The molecule has 1 heterocycles. The number of hydrogen-bond donors (Lipinski definition) is 1. The second kappa shape index (κ2) is 4.83. The molecule has 5 heteroatoms. The highest BCUT2D eigenvalue weighted by atomic mass is 19.1. The van der Waals surface area contributed by atoms with Crippen LogP contribution in [0.5, 0.6) is 0 Å². The standard InChI is InChI=1S/C16H19FN2O2/c1-10-5-6-13(12(17)9-10)19-11(2)14(20)18-16(15(19)21)7-3-4-8-16/h5-6,9,11H,3-4,7-8H2,1-2H3,(H,18,20). The first-order valence-corrected chi connectivity index (χ1v) is 7.36. The van der Waals surface area contributed by atoms with Gasteiger partial charge in [0.25, 0.3) is 5.91 Å². The molecule has 2 aliphatic rings. The summed E-state index contributed by atoms with van der Waals surface area (Å²) in [5.41, 5.74) is 0.147. The van der Waals surface area contributed by atoms with Crippen molar-refractivity contribution in [1.29, 1.82) is 0 Å². The van der Waals surface area contributed by atoms with Crippen molar-refractivity contribution in [3.8, 4) is 0 Å². The van der Waals surface area contributed by atoms with Gasteiger partial charge in [-0.15, -0.1) is 0 Å². The molecule has 21 heavy (non-hydrogen) atoms. The first-order chi connectivity index (χ1) is 9.94. The van der Waals surface area contributed by atoms with Gasteiger partial charge in [-0.2, -0.15) is 0 Å². The predicted molar refractivity (Wildman–Crippen MR) is 77.4 cm³/mol. The van der Waals surface area contributed by atoms with Crippen LogP contribution in [0.4, 0.5) is 10.1 Å². The molecule has 1 saturated carbocycles. The quantitative estimate of drug-likeness (QED) is 0.862. The molecule has 1 aromatic carbocycles. The molecule has 112 valence electrons. The highest BCUT2D eigenvalue weighted by molar-refractivity contribution is 6.10. The number of hydrogen-bond acceptors (Lipinski definition) is 2. The third-order valence-corrected chi connectivity index (χ3v) is 4.58. The fourth-order valence-corrected chi connectivity index (χ4v) is 3.36. The second-order valence-electron chi connectivity index (χ2n) is 6.08. The van der Waals surface area contributed by atoms with E-state index in [9.17, 15) is 14.0 Å². The van der Waals surface area contributed by atoms with Gasteiger partial charge >= 0.3 is 0 Å². The van der Waals surface area contributed by atoms with Gasteiger partial charge < -0.3 is 5.32 Å². The van der Waals surface area contributed by atoms with Crippen LogP contribution < -0.4 is 10.2 Å². The van der Waals surface area contributed by atoms with Gasteiger partial charge in [0.15, 0.2) is 0 Å². The zero-order chi connectivity index (χ0) is 15.2. The highest BCUT2D eigenvalue weighted by Crippen LogP contribution is 2.37. The third kappa shape index (κ3) is 2.11. The van der Waals surface area contributed by atoms with Gasteiger partial charge in [0, 0.05) is 0 Å². The molecule has 1 atom stereocenters. The Balaban J connectivity index is 2.05. The van der Waals surface area contributed by atoms with Crippen LogP contribution in [0.1, 0.15) is 38.2 Å². The van der Waals surface area contributed by atoms with Crippen molar-refractivity contribution in [3.05, 3.63) is 29.6 Å². The number of benzene rings is 1. The monoisotopic (exact) mass is 290 g/mol. The molecule has 1 saturated heterocycles. The summed E-state index contributed by atoms with van der Waals surface area (Å²) in [6.45, 7) is 3.42. The maximum Gasteiger partial charge on any atom is 0.253 e. The lowest BCUT2D eigenvalue weighted by atomic mass is 9.90. The topological polar surface area (TPSA) is 49.4 Å². The minimum Gasteiger partial charge on any atom is -0.340 e. The molecular formula is C16H19FN2O2. The fraction of sp³-hybridized carbons (Fsp3) is 0.500. The maximum atomic E-state index is 14.3. The molecule has 3 rings (SSSR count). The smallest absolute Gasteiger partial charge is 0.253 e. The molecule has 1 aliphatic heterocycles. The summed E-state index contributed by atoms with van der Waals surface area (Å²) in [4.78, 5) is 26.5. The van der Waals surface area contributed by atoms with E-state index in [0.717, 1.165) is 18.4 Å². The molecule has 2 amide bonds. The molecule has 4 nitrogen and oxygen atoms in total. The van der Waals surface area contributed by atoms with Crippen molar-refractivity contribution in [2.45, 2.75) is 51.1 Å². The summed E-state index contributed by atoms with van der Waals surface area (Å²) in [6, 6.07) is 4.04. The van der Waals surface area contributed by atoms with Crippen LogP contribution in [0, 0.1) is 12.7 Å². The zero-order valence-electron chi connectivity index (χ0n) is 12.3. The van der Waals surface area contributed by atoms with Crippen molar-refractivity contribution in [1.82, 2.24) is 5.32 Å². The number of anilines is 1. The van der Waals surface area contributed by atoms with Crippen LogP contribution >= 0.6 is 0 Å². The van der Waals surface area contributed by atoms with Crippen LogP contribution in [0.2, 0.25) is 0 Å². The van der Waals surface area contributed by atoms with E-state index < -0.39 is 17.4 Å². The number of aryl methyl sites for hydroxylation is 1. The van der Waals surface area contributed by atoms with E-state index in [4.69, 9.17) is 0 Å². The summed E-state index contributed by atoms with van der Waals surface area (Å²) in [5.74, 6) is -0.857. The van der Waals surface area contributed by atoms with Gasteiger partial charge in [0.05, 0.1) is 5.69 Å². The zero-order valence-corrected chi connectivity index (χ0v) is 12.3. The average molecular weight is 290 g/mol. The average Bonchev–Trinajstić information content (AvgIpc) is 2.89. The lowest BCUT2D eigenvalue weighted by Gasteiger charge is -2.43.